The summed E-state index contributed by atoms with van der Waals surface area (Å²) in [6.07, 6.45) is 9.29. The van der Waals surface area contributed by atoms with Gasteiger partial charge < -0.3 is 40.2 Å². The lowest BCUT2D eigenvalue weighted by atomic mass is 10.2. The Balaban J connectivity index is 1.54. The van der Waals surface area contributed by atoms with E-state index in [1.807, 2.05) is 24.3 Å². The zero-order valence-corrected chi connectivity index (χ0v) is 28.2. The van der Waals surface area contributed by atoms with Gasteiger partial charge in [0.2, 0.25) is 11.9 Å². The van der Waals surface area contributed by atoms with Crippen LogP contribution in [0, 0.1) is 0 Å². The third-order valence-electron chi connectivity index (χ3n) is 7.74. The number of nitrogens with one attached hydrogen (secondary N) is 4. The van der Waals surface area contributed by atoms with E-state index >= 15 is 0 Å². The van der Waals surface area contributed by atoms with Crippen LogP contribution in [0.5, 0.6) is 23.0 Å². The molecule has 12 nitrogen and oxygen atoms in total. The fraction of sp³-hybridized carbons (Fsp3) is 0.529. The number of unbranched alkanes of at least 4 members (excludes halogenated alkanes) is 6. The predicted molar refractivity (Wildman–Crippen MR) is 188 cm³/mol. The summed E-state index contributed by atoms with van der Waals surface area (Å²) in [6.45, 7) is 7.17. The minimum atomic E-state index is 0.564. The van der Waals surface area contributed by atoms with Crippen LogP contribution >= 0.6 is 0 Å². The molecule has 2 heterocycles. The van der Waals surface area contributed by atoms with Gasteiger partial charge in [-0.1, -0.05) is 52.4 Å². The van der Waals surface area contributed by atoms with Gasteiger partial charge in [0.15, 0.2) is 23.0 Å². The van der Waals surface area contributed by atoms with Gasteiger partial charge in [0, 0.05) is 49.1 Å². The van der Waals surface area contributed by atoms with E-state index in [0.717, 1.165) is 47.7 Å². The fourth-order valence-electron chi connectivity index (χ4n) is 5.20. The molecule has 0 aliphatic heterocycles. The van der Waals surface area contributed by atoms with Crippen molar-refractivity contribution in [2.75, 3.05) is 75.9 Å². The monoisotopic (exact) mass is 634 g/mol. The van der Waals surface area contributed by atoms with Gasteiger partial charge in [-0.2, -0.15) is 9.97 Å². The minimum absolute atomic E-state index is 0.564. The van der Waals surface area contributed by atoms with Crippen LogP contribution in [-0.2, 0) is 0 Å². The molecule has 2 aromatic heterocycles. The third kappa shape index (κ3) is 9.04. The average Bonchev–Trinajstić information content (AvgIpc) is 3.08. The Kier molecular flexibility index (Phi) is 13.4. The van der Waals surface area contributed by atoms with E-state index < -0.39 is 0 Å². The summed E-state index contributed by atoms with van der Waals surface area (Å²) in [6, 6.07) is 7.58. The number of benzene rings is 2. The van der Waals surface area contributed by atoms with E-state index in [1.165, 1.54) is 38.5 Å². The van der Waals surface area contributed by atoms with Gasteiger partial charge >= 0.3 is 0 Å². The van der Waals surface area contributed by atoms with Gasteiger partial charge in [-0.15, -0.1) is 0 Å². The van der Waals surface area contributed by atoms with Gasteiger partial charge in [-0.25, -0.2) is 9.97 Å². The highest BCUT2D eigenvalue weighted by Crippen LogP contribution is 2.36. The largest absolute Gasteiger partial charge is 0.493 e. The number of anilines is 4. The third-order valence-corrected chi connectivity index (χ3v) is 7.74. The molecule has 4 rings (SSSR count). The topological polar surface area (TPSA) is 137 Å². The van der Waals surface area contributed by atoms with E-state index in [0.29, 0.717) is 59.6 Å². The second-order valence-corrected chi connectivity index (χ2v) is 11.1. The van der Waals surface area contributed by atoms with Crippen molar-refractivity contribution in [2.24, 2.45) is 0 Å². The van der Waals surface area contributed by atoms with Crippen LogP contribution in [0.2, 0.25) is 0 Å². The van der Waals surface area contributed by atoms with Crippen LogP contribution in [0.1, 0.15) is 65.2 Å². The summed E-state index contributed by atoms with van der Waals surface area (Å²) in [5.74, 6) is 5.03. The van der Waals surface area contributed by atoms with Crippen LogP contribution in [0.25, 0.3) is 21.8 Å². The van der Waals surface area contributed by atoms with Crippen molar-refractivity contribution in [3.05, 3.63) is 24.3 Å². The second kappa shape index (κ2) is 17.9. The highest BCUT2D eigenvalue weighted by Gasteiger charge is 2.15. The molecule has 4 aromatic rings. The molecule has 0 aliphatic carbocycles. The first-order valence-electron chi connectivity index (χ1n) is 16.4. The Bertz CT molecular complexity index is 1440. The minimum Gasteiger partial charge on any atom is -0.493 e. The molecule has 0 amide bonds. The molecule has 250 valence electrons. The Morgan fingerprint density at radius 3 is 1.22 bits per heavy atom. The summed E-state index contributed by atoms with van der Waals surface area (Å²) in [4.78, 5) is 19.2. The number of fused-ring (bicyclic) bond motifs is 2. The molecule has 0 saturated carbocycles. The first-order chi connectivity index (χ1) is 22.5. The lowest BCUT2D eigenvalue weighted by Crippen LogP contribution is -2.17. The van der Waals surface area contributed by atoms with Gasteiger partial charge in [0.1, 0.15) is 11.6 Å². The van der Waals surface area contributed by atoms with Crippen LogP contribution in [0.3, 0.4) is 0 Å². The maximum atomic E-state index is 5.57. The highest BCUT2D eigenvalue weighted by molar-refractivity contribution is 5.94. The number of hydrogen-bond acceptors (Lipinski definition) is 12. The molecule has 0 atom stereocenters. The molecule has 0 bridgehead atoms. The molecule has 0 spiro atoms. The number of rotatable bonds is 21. The maximum Gasteiger partial charge on any atom is 0.225 e. The van der Waals surface area contributed by atoms with Gasteiger partial charge in [0.05, 0.1) is 39.5 Å². The number of methoxy groups -OCH3 is 4. The zero-order chi connectivity index (χ0) is 32.7. The molecule has 2 aromatic carbocycles. The molecule has 4 N–H and O–H groups in total. The predicted octanol–water partition coefficient (Wildman–Crippen LogP) is 7.12. The van der Waals surface area contributed by atoms with Crippen LogP contribution in [0.15, 0.2) is 24.3 Å². The number of ether oxygens (including phenoxy) is 4. The molecule has 0 saturated heterocycles. The van der Waals surface area contributed by atoms with Crippen molar-refractivity contribution in [2.45, 2.75) is 65.2 Å². The molecular formula is C34H50N8O4. The number of nitrogens with zero attached hydrogens (tertiary/aromatic N) is 4. The van der Waals surface area contributed by atoms with E-state index in [2.05, 4.69) is 35.1 Å². The van der Waals surface area contributed by atoms with Crippen molar-refractivity contribution < 1.29 is 18.9 Å². The summed E-state index contributed by atoms with van der Waals surface area (Å²) >= 11 is 0. The lowest BCUT2D eigenvalue weighted by molar-refractivity contribution is 0.356. The average molecular weight is 635 g/mol. The van der Waals surface area contributed by atoms with Crippen molar-refractivity contribution in [3.63, 3.8) is 0 Å². The Morgan fingerprint density at radius 1 is 0.457 bits per heavy atom. The molecule has 0 aliphatic rings. The van der Waals surface area contributed by atoms with E-state index in [1.54, 1.807) is 28.4 Å². The highest BCUT2D eigenvalue weighted by atomic mass is 16.5. The summed E-state index contributed by atoms with van der Waals surface area (Å²) in [7, 11) is 6.49. The molecule has 0 unspecified atom stereocenters. The normalized spacial score (nSPS) is 11.0. The number of aromatic nitrogens is 4. The standard InChI is InChI=1S/C34H50N8O4/c1-7-9-11-13-15-37-33-39-25-21-29(45-5)27(43-3)19-23(25)31(41-33)35-17-18-36-32-24-20-28(44-4)30(46-6)22-26(24)40-34(42-32)38-16-14-12-10-8-2/h19-22H,7-18H2,1-6H3,(H2,35,37,39,41)(H2,36,38,40,42). The smallest absolute Gasteiger partial charge is 0.225 e. The van der Waals surface area contributed by atoms with Crippen molar-refractivity contribution in [1.82, 2.24) is 19.9 Å². The van der Waals surface area contributed by atoms with Gasteiger partial charge in [-0.3, -0.25) is 0 Å². The quantitative estimate of drug-likeness (QED) is 0.0695. The first-order valence-corrected chi connectivity index (χ1v) is 16.4. The number of hydrogen-bond donors (Lipinski definition) is 4. The lowest BCUT2D eigenvalue weighted by Gasteiger charge is -2.16. The molecular weight excluding hydrogens is 584 g/mol. The zero-order valence-electron chi connectivity index (χ0n) is 28.2. The van der Waals surface area contributed by atoms with Crippen LogP contribution in [-0.4, -0.2) is 74.6 Å². The first kappa shape index (κ1) is 34.4. The van der Waals surface area contributed by atoms with E-state index in [4.69, 9.17) is 38.9 Å². The molecule has 12 heteroatoms. The van der Waals surface area contributed by atoms with Gasteiger partial charge in [-0.05, 0) is 25.0 Å². The molecule has 0 radical (unpaired) electrons. The summed E-state index contributed by atoms with van der Waals surface area (Å²) < 4.78 is 22.2. The van der Waals surface area contributed by atoms with Crippen LogP contribution < -0.4 is 40.2 Å². The SMILES string of the molecule is CCCCCCNc1nc(NCCNc2nc(NCCCCCC)nc3cc(OC)c(OC)cc23)c2cc(OC)c(OC)cc2n1. The van der Waals surface area contributed by atoms with Crippen LogP contribution in [0.4, 0.5) is 23.5 Å². The van der Waals surface area contributed by atoms with E-state index in [-0.39, 0.29) is 0 Å². The summed E-state index contributed by atoms with van der Waals surface area (Å²) in [5.41, 5.74) is 1.52. The van der Waals surface area contributed by atoms with Crippen molar-refractivity contribution in [1.29, 1.82) is 0 Å². The van der Waals surface area contributed by atoms with Crippen molar-refractivity contribution >= 4 is 45.3 Å². The fourth-order valence-corrected chi connectivity index (χ4v) is 5.20. The van der Waals surface area contributed by atoms with Crippen molar-refractivity contribution in [3.8, 4) is 23.0 Å². The second-order valence-electron chi connectivity index (χ2n) is 11.1. The maximum absolute atomic E-state index is 5.57. The summed E-state index contributed by atoms with van der Waals surface area (Å²) in [5, 5.41) is 15.5. The Labute approximate surface area is 272 Å². The Morgan fingerprint density at radius 2 is 0.848 bits per heavy atom. The van der Waals surface area contributed by atoms with Gasteiger partial charge in [0.25, 0.3) is 0 Å². The molecule has 46 heavy (non-hydrogen) atoms. The van der Waals surface area contributed by atoms with E-state index in [9.17, 15) is 0 Å². The molecule has 0 fully saturated rings. The Hall–Kier alpha value is -4.48.